The molecule has 1 aliphatic rings. The summed E-state index contributed by atoms with van der Waals surface area (Å²) in [5, 5.41) is 0. The molecule has 1 heterocycles. The van der Waals surface area contributed by atoms with Gasteiger partial charge in [0.05, 0.1) is 5.41 Å². The predicted molar refractivity (Wildman–Crippen MR) is 54.3 cm³/mol. The Morgan fingerprint density at radius 3 is 2.21 bits per heavy atom. The molecular weight excluding hydrogens is 180 g/mol. The Hall–Kier alpha value is -0.610. The van der Waals surface area contributed by atoms with Crippen LogP contribution in [0.15, 0.2) is 0 Å². The Bertz CT molecular complexity index is 215. The molecule has 1 rings (SSSR count). The number of amides is 1. The van der Waals surface area contributed by atoms with Gasteiger partial charge in [-0.15, -0.1) is 0 Å². The van der Waals surface area contributed by atoms with Crippen molar-refractivity contribution in [2.75, 3.05) is 13.2 Å². The fourth-order valence-electron chi connectivity index (χ4n) is 2.18. The monoisotopic (exact) mass is 200 g/mol. The number of carbonyl (C=O) groups excluding carboxylic acids is 1. The third kappa shape index (κ3) is 1.77. The third-order valence-corrected chi connectivity index (χ3v) is 3.35. The smallest absolute Gasteiger partial charge is 0.240 e. The molecule has 0 aromatic carbocycles. The molecule has 0 saturated carbocycles. The molecule has 0 bridgehead atoms. The summed E-state index contributed by atoms with van der Waals surface area (Å²) in [4.78, 5) is 11.8. The van der Waals surface area contributed by atoms with Crippen LogP contribution in [0, 0.1) is 10.8 Å². The third-order valence-electron chi connectivity index (χ3n) is 3.35. The molecule has 0 aromatic heterocycles. The Kier molecular flexibility index (Phi) is 3.17. The summed E-state index contributed by atoms with van der Waals surface area (Å²) < 4.78 is 5.29. The molecule has 0 spiro atoms. The van der Waals surface area contributed by atoms with Gasteiger partial charge < -0.3 is 4.74 Å². The van der Waals surface area contributed by atoms with E-state index in [1.54, 1.807) is 0 Å². The van der Waals surface area contributed by atoms with Crippen LogP contribution < -0.4 is 11.3 Å². The molecule has 1 aliphatic heterocycles. The average Bonchev–Trinajstić information content (AvgIpc) is 2.16. The minimum atomic E-state index is -0.375. The van der Waals surface area contributed by atoms with Crippen molar-refractivity contribution in [2.24, 2.45) is 16.7 Å². The molecule has 0 radical (unpaired) electrons. The van der Waals surface area contributed by atoms with Crippen LogP contribution in [0.5, 0.6) is 0 Å². The second-order valence-electron chi connectivity index (χ2n) is 4.92. The number of hydrogen-bond acceptors (Lipinski definition) is 3. The molecule has 1 amide bonds. The van der Waals surface area contributed by atoms with E-state index in [9.17, 15) is 4.79 Å². The summed E-state index contributed by atoms with van der Waals surface area (Å²) in [5.41, 5.74) is 1.83. The van der Waals surface area contributed by atoms with E-state index in [1.165, 1.54) is 0 Å². The fraction of sp³-hybridized carbons (Fsp3) is 0.900. The van der Waals surface area contributed by atoms with Gasteiger partial charge >= 0.3 is 0 Å². The largest absolute Gasteiger partial charge is 0.381 e. The van der Waals surface area contributed by atoms with Crippen LogP contribution in [-0.2, 0) is 9.53 Å². The minimum Gasteiger partial charge on any atom is -0.381 e. The van der Waals surface area contributed by atoms with Crippen LogP contribution in [0.4, 0.5) is 0 Å². The lowest BCUT2D eigenvalue weighted by atomic mass is 9.62. The van der Waals surface area contributed by atoms with Crippen molar-refractivity contribution in [3.05, 3.63) is 0 Å². The molecular formula is C10H20N2O2. The lowest BCUT2D eigenvalue weighted by Crippen LogP contribution is -2.53. The quantitative estimate of drug-likeness (QED) is 0.374. The number of ether oxygens (including phenoxy) is 1. The van der Waals surface area contributed by atoms with Crippen LogP contribution in [0.1, 0.15) is 33.6 Å². The van der Waals surface area contributed by atoms with Crippen LogP contribution in [-0.4, -0.2) is 19.1 Å². The Morgan fingerprint density at radius 1 is 1.36 bits per heavy atom. The Labute approximate surface area is 85.2 Å². The summed E-state index contributed by atoms with van der Waals surface area (Å²) in [6.45, 7) is 7.52. The molecule has 1 fully saturated rings. The average molecular weight is 200 g/mol. The topological polar surface area (TPSA) is 64.4 Å². The summed E-state index contributed by atoms with van der Waals surface area (Å²) >= 11 is 0. The second-order valence-corrected chi connectivity index (χ2v) is 4.92. The van der Waals surface area contributed by atoms with Crippen LogP contribution in [0.3, 0.4) is 0 Å². The number of hydrogen-bond donors (Lipinski definition) is 2. The molecule has 0 unspecified atom stereocenters. The highest BCUT2D eigenvalue weighted by atomic mass is 16.5. The van der Waals surface area contributed by atoms with Crippen molar-refractivity contribution in [1.82, 2.24) is 5.43 Å². The number of hydrazine groups is 1. The normalized spacial score (nSPS) is 21.7. The van der Waals surface area contributed by atoms with E-state index >= 15 is 0 Å². The van der Waals surface area contributed by atoms with Crippen molar-refractivity contribution >= 4 is 5.91 Å². The van der Waals surface area contributed by atoms with Gasteiger partial charge in [0.25, 0.3) is 0 Å². The van der Waals surface area contributed by atoms with E-state index in [1.807, 2.05) is 0 Å². The molecule has 1 saturated heterocycles. The van der Waals surface area contributed by atoms with Gasteiger partial charge in [0, 0.05) is 13.2 Å². The van der Waals surface area contributed by atoms with Gasteiger partial charge in [-0.2, -0.15) is 0 Å². The highest BCUT2D eigenvalue weighted by Crippen LogP contribution is 2.46. The van der Waals surface area contributed by atoms with E-state index in [-0.39, 0.29) is 16.7 Å². The van der Waals surface area contributed by atoms with E-state index in [2.05, 4.69) is 26.2 Å². The van der Waals surface area contributed by atoms with Gasteiger partial charge in [-0.1, -0.05) is 20.8 Å². The first-order valence-electron chi connectivity index (χ1n) is 5.03. The molecule has 4 heteroatoms. The summed E-state index contributed by atoms with van der Waals surface area (Å²) in [7, 11) is 0. The standard InChI is InChI=1S/C10H20N2O2/c1-9(2,3)10(8(13)12-11)4-6-14-7-5-10/h4-7,11H2,1-3H3,(H,12,13). The van der Waals surface area contributed by atoms with Crippen molar-refractivity contribution in [3.8, 4) is 0 Å². The van der Waals surface area contributed by atoms with Crippen LogP contribution in [0.2, 0.25) is 0 Å². The zero-order valence-electron chi connectivity index (χ0n) is 9.22. The number of nitrogens with two attached hydrogens (primary N) is 1. The maximum Gasteiger partial charge on any atom is 0.240 e. The Balaban J connectivity index is 2.94. The first-order chi connectivity index (χ1) is 6.44. The fourth-order valence-corrected chi connectivity index (χ4v) is 2.18. The van der Waals surface area contributed by atoms with Gasteiger partial charge in [-0.05, 0) is 18.3 Å². The second kappa shape index (κ2) is 3.87. The number of rotatable bonds is 1. The van der Waals surface area contributed by atoms with Gasteiger partial charge in [0.15, 0.2) is 0 Å². The molecule has 14 heavy (non-hydrogen) atoms. The predicted octanol–water partition coefficient (Wildman–Crippen LogP) is 0.819. The first-order valence-corrected chi connectivity index (χ1v) is 5.03. The van der Waals surface area contributed by atoms with E-state index in [0.717, 1.165) is 12.8 Å². The van der Waals surface area contributed by atoms with E-state index < -0.39 is 0 Å². The van der Waals surface area contributed by atoms with Crippen molar-refractivity contribution < 1.29 is 9.53 Å². The first kappa shape index (κ1) is 11.5. The van der Waals surface area contributed by atoms with Crippen molar-refractivity contribution in [1.29, 1.82) is 0 Å². The maximum absolute atomic E-state index is 11.8. The molecule has 0 atom stereocenters. The minimum absolute atomic E-state index is 0.0618. The highest BCUT2D eigenvalue weighted by Gasteiger charge is 2.48. The highest BCUT2D eigenvalue weighted by molar-refractivity contribution is 5.83. The van der Waals surface area contributed by atoms with Crippen LogP contribution >= 0.6 is 0 Å². The maximum atomic E-state index is 11.8. The van der Waals surface area contributed by atoms with E-state index in [0.29, 0.717) is 13.2 Å². The van der Waals surface area contributed by atoms with Crippen molar-refractivity contribution in [3.63, 3.8) is 0 Å². The van der Waals surface area contributed by atoms with E-state index in [4.69, 9.17) is 10.6 Å². The van der Waals surface area contributed by atoms with Crippen molar-refractivity contribution in [2.45, 2.75) is 33.6 Å². The zero-order valence-corrected chi connectivity index (χ0v) is 9.22. The molecule has 3 N–H and O–H groups in total. The van der Waals surface area contributed by atoms with Gasteiger partial charge in [0.2, 0.25) is 5.91 Å². The summed E-state index contributed by atoms with van der Waals surface area (Å²) in [6, 6.07) is 0. The summed E-state index contributed by atoms with van der Waals surface area (Å²) in [5.74, 6) is 5.18. The molecule has 4 nitrogen and oxygen atoms in total. The van der Waals surface area contributed by atoms with Gasteiger partial charge in [-0.25, -0.2) is 5.84 Å². The zero-order chi connectivity index (χ0) is 10.8. The van der Waals surface area contributed by atoms with Crippen LogP contribution in [0.25, 0.3) is 0 Å². The molecule has 0 aliphatic carbocycles. The molecule has 0 aromatic rings. The lowest BCUT2D eigenvalue weighted by molar-refractivity contribution is -0.146. The lowest BCUT2D eigenvalue weighted by Gasteiger charge is -2.45. The SMILES string of the molecule is CC(C)(C)C1(C(=O)NN)CCOCC1. The summed E-state index contributed by atoms with van der Waals surface area (Å²) in [6.07, 6.45) is 1.50. The molecule has 82 valence electrons. The van der Waals surface area contributed by atoms with Gasteiger partial charge in [-0.3, -0.25) is 10.2 Å². The Morgan fingerprint density at radius 2 is 1.86 bits per heavy atom. The number of nitrogens with one attached hydrogen (secondary N) is 1. The number of carbonyl (C=O) groups is 1. The van der Waals surface area contributed by atoms with Gasteiger partial charge in [0.1, 0.15) is 0 Å².